The van der Waals surface area contributed by atoms with Crippen LogP contribution in [0.25, 0.3) is 10.9 Å². The summed E-state index contributed by atoms with van der Waals surface area (Å²) in [4.78, 5) is 9.50. The summed E-state index contributed by atoms with van der Waals surface area (Å²) >= 11 is 0. The minimum Gasteiger partial charge on any atom is -0.367 e. The Bertz CT molecular complexity index is 598. The van der Waals surface area contributed by atoms with E-state index in [-0.39, 0.29) is 0 Å². The molecule has 1 heterocycles. The molecule has 21 heavy (non-hydrogen) atoms. The summed E-state index contributed by atoms with van der Waals surface area (Å²) in [6.07, 6.45) is 7.93. The molecule has 0 spiro atoms. The van der Waals surface area contributed by atoms with Gasteiger partial charge in [-0.15, -0.1) is 0 Å². The predicted octanol–water partition coefficient (Wildman–Crippen LogP) is 4.89. The Hall–Kier alpha value is -1.64. The highest BCUT2D eigenvalue weighted by molar-refractivity contribution is 5.89. The lowest BCUT2D eigenvalue weighted by Gasteiger charge is -2.19. The summed E-state index contributed by atoms with van der Waals surface area (Å²) in [5, 5.41) is 4.85. The second-order valence-corrected chi connectivity index (χ2v) is 6.44. The zero-order chi connectivity index (χ0) is 14.7. The van der Waals surface area contributed by atoms with Crippen LogP contribution in [-0.4, -0.2) is 16.0 Å². The second kappa shape index (κ2) is 6.42. The van der Waals surface area contributed by atoms with Crippen molar-refractivity contribution >= 4 is 16.7 Å². The van der Waals surface area contributed by atoms with E-state index in [0.29, 0.717) is 12.0 Å². The molecule has 2 aromatic rings. The van der Waals surface area contributed by atoms with Crippen molar-refractivity contribution in [1.29, 1.82) is 0 Å². The lowest BCUT2D eigenvalue weighted by atomic mass is 10.1. The molecule has 0 amide bonds. The van der Waals surface area contributed by atoms with Gasteiger partial charge in [0.05, 0.1) is 5.52 Å². The van der Waals surface area contributed by atoms with Crippen molar-refractivity contribution in [2.24, 2.45) is 0 Å². The van der Waals surface area contributed by atoms with Crippen LogP contribution in [0.2, 0.25) is 0 Å². The molecule has 0 bridgehead atoms. The highest BCUT2D eigenvalue weighted by Crippen LogP contribution is 2.26. The molecule has 3 rings (SSSR count). The molecule has 0 unspecified atom stereocenters. The van der Waals surface area contributed by atoms with E-state index >= 15 is 0 Å². The maximum Gasteiger partial charge on any atom is 0.137 e. The maximum atomic E-state index is 4.80. The van der Waals surface area contributed by atoms with Crippen LogP contribution < -0.4 is 5.32 Å². The molecule has 1 N–H and O–H groups in total. The monoisotopic (exact) mass is 283 g/mol. The van der Waals surface area contributed by atoms with Gasteiger partial charge in [-0.2, -0.15) is 0 Å². The fraction of sp³-hybridized carbons (Fsp3) is 0.556. The van der Waals surface area contributed by atoms with E-state index in [2.05, 4.69) is 43.4 Å². The molecule has 1 saturated carbocycles. The first kappa shape index (κ1) is 14.3. The zero-order valence-electron chi connectivity index (χ0n) is 13.1. The van der Waals surface area contributed by atoms with Crippen LogP contribution in [0.5, 0.6) is 0 Å². The van der Waals surface area contributed by atoms with Gasteiger partial charge in [-0.05, 0) is 25.0 Å². The van der Waals surface area contributed by atoms with Gasteiger partial charge in [0.2, 0.25) is 0 Å². The molecular weight excluding hydrogens is 258 g/mol. The van der Waals surface area contributed by atoms with E-state index in [1.165, 1.54) is 38.5 Å². The molecule has 1 aromatic heterocycles. The van der Waals surface area contributed by atoms with Crippen molar-refractivity contribution < 1.29 is 0 Å². The van der Waals surface area contributed by atoms with Gasteiger partial charge in [0.15, 0.2) is 0 Å². The second-order valence-electron chi connectivity index (χ2n) is 6.44. The van der Waals surface area contributed by atoms with Crippen LogP contribution in [0.4, 0.5) is 5.82 Å². The van der Waals surface area contributed by atoms with Gasteiger partial charge in [0.25, 0.3) is 0 Å². The molecule has 1 aromatic carbocycles. The van der Waals surface area contributed by atoms with Gasteiger partial charge < -0.3 is 5.32 Å². The molecule has 1 aliphatic carbocycles. The molecule has 3 nitrogen and oxygen atoms in total. The third-order valence-electron chi connectivity index (χ3n) is 4.33. The molecule has 0 radical (unpaired) electrons. The fourth-order valence-electron chi connectivity index (χ4n) is 3.08. The smallest absolute Gasteiger partial charge is 0.137 e. The molecule has 1 fully saturated rings. The number of aromatic nitrogens is 2. The Labute approximate surface area is 127 Å². The number of anilines is 1. The normalized spacial score (nSPS) is 17.1. The first-order valence-corrected chi connectivity index (χ1v) is 8.27. The number of benzene rings is 1. The maximum absolute atomic E-state index is 4.80. The minimum absolute atomic E-state index is 0.351. The first-order valence-electron chi connectivity index (χ1n) is 8.27. The van der Waals surface area contributed by atoms with Crippen molar-refractivity contribution in [2.45, 2.75) is 64.3 Å². The summed E-state index contributed by atoms with van der Waals surface area (Å²) in [5.41, 5.74) is 1.05. The molecule has 1 aliphatic rings. The number of fused-ring (bicyclic) bond motifs is 1. The van der Waals surface area contributed by atoms with E-state index in [0.717, 1.165) is 22.5 Å². The molecule has 0 saturated heterocycles. The first-order chi connectivity index (χ1) is 10.2. The van der Waals surface area contributed by atoms with Gasteiger partial charge in [-0.25, -0.2) is 9.97 Å². The standard InChI is InChI=1S/C18H25N3/c1-13(2)17-20-16-12-8-7-11-15(16)18(21-17)19-14-9-5-3-4-6-10-14/h7-8,11-14H,3-6,9-10H2,1-2H3,(H,19,20,21). The Balaban J connectivity index is 1.95. The average molecular weight is 283 g/mol. The number of nitrogens with one attached hydrogen (secondary N) is 1. The Morgan fingerprint density at radius 1 is 1.00 bits per heavy atom. The van der Waals surface area contributed by atoms with E-state index in [9.17, 15) is 0 Å². The third-order valence-corrected chi connectivity index (χ3v) is 4.33. The third kappa shape index (κ3) is 3.34. The van der Waals surface area contributed by atoms with Crippen molar-refractivity contribution in [3.63, 3.8) is 0 Å². The van der Waals surface area contributed by atoms with Gasteiger partial charge in [0, 0.05) is 17.3 Å². The Morgan fingerprint density at radius 2 is 1.71 bits per heavy atom. The van der Waals surface area contributed by atoms with E-state index in [4.69, 9.17) is 9.97 Å². The van der Waals surface area contributed by atoms with Crippen LogP contribution in [-0.2, 0) is 0 Å². The highest BCUT2D eigenvalue weighted by atomic mass is 15.1. The van der Waals surface area contributed by atoms with Crippen molar-refractivity contribution in [2.75, 3.05) is 5.32 Å². The van der Waals surface area contributed by atoms with Crippen LogP contribution in [0.15, 0.2) is 24.3 Å². The molecule has 0 atom stereocenters. The van der Waals surface area contributed by atoms with E-state index < -0.39 is 0 Å². The van der Waals surface area contributed by atoms with Gasteiger partial charge in [0.1, 0.15) is 11.6 Å². The van der Waals surface area contributed by atoms with Gasteiger partial charge in [-0.3, -0.25) is 0 Å². The van der Waals surface area contributed by atoms with Gasteiger partial charge in [-0.1, -0.05) is 51.7 Å². The number of nitrogens with zero attached hydrogens (tertiary/aromatic N) is 2. The minimum atomic E-state index is 0.351. The summed E-state index contributed by atoms with van der Waals surface area (Å²) in [6, 6.07) is 8.89. The zero-order valence-corrected chi connectivity index (χ0v) is 13.1. The summed E-state index contributed by atoms with van der Waals surface area (Å²) in [5.74, 6) is 2.31. The molecule has 3 heteroatoms. The SMILES string of the molecule is CC(C)c1nc(NC2CCCCCC2)c2ccccc2n1. The molecule has 112 valence electrons. The van der Waals surface area contributed by atoms with Gasteiger partial charge >= 0.3 is 0 Å². The molecule has 0 aliphatic heterocycles. The number of hydrogen-bond donors (Lipinski definition) is 1. The summed E-state index contributed by atoms with van der Waals surface area (Å²) in [7, 11) is 0. The number of rotatable bonds is 3. The van der Waals surface area contributed by atoms with Crippen LogP contribution >= 0.6 is 0 Å². The fourth-order valence-corrected chi connectivity index (χ4v) is 3.08. The average Bonchev–Trinajstić information content (AvgIpc) is 2.75. The van der Waals surface area contributed by atoms with E-state index in [1.807, 2.05) is 0 Å². The van der Waals surface area contributed by atoms with Crippen LogP contribution in [0.3, 0.4) is 0 Å². The summed E-state index contributed by atoms with van der Waals surface area (Å²) < 4.78 is 0. The van der Waals surface area contributed by atoms with Crippen LogP contribution in [0, 0.1) is 0 Å². The molecular formula is C18H25N3. The Kier molecular flexibility index (Phi) is 4.37. The van der Waals surface area contributed by atoms with Crippen molar-refractivity contribution in [3.8, 4) is 0 Å². The lowest BCUT2D eigenvalue weighted by molar-refractivity contribution is 0.617. The largest absolute Gasteiger partial charge is 0.367 e. The highest BCUT2D eigenvalue weighted by Gasteiger charge is 2.15. The lowest BCUT2D eigenvalue weighted by Crippen LogP contribution is -2.20. The number of para-hydroxylation sites is 1. The topological polar surface area (TPSA) is 37.8 Å². The number of hydrogen-bond acceptors (Lipinski definition) is 3. The Morgan fingerprint density at radius 3 is 2.43 bits per heavy atom. The van der Waals surface area contributed by atoms with E-state index in [1.54, 1.807) is 0 Å². The van der Waals surface area contributed by atoms with Crippen LogP contribution in [0.1, 0.15) is 64.1 Å². The summed E-state index contributed by atoms with van der Waals surface area (Å²) in [6.45, 7) is 4.30. The quantitative estimate of drug-likeness (QED) is 0.815. The predicted molar refractivity (Wildman–Crippen MR) is 88.7 cm³/mol. The van der Waals surface area contributed by atoms with Crippen molar-refractivity contribution in [3.05, 3.63) is 30.1 Å². The van der Waals surface area contributed by atoms with Crippen molar-refractivity contribution in [1.82, 2.24) is 9.97 Å².